The summed E-state index contributed by atoms with van der Waals surface area (Å²) in [7, 11) is 0. The van der Waals surface area contributed by atoms with Crippen molar-refractivity contribution < 1.29 is 4.79 Å². The molecule has 0 aromatic carbocycles. The van der Waals surface area contributed by atoms with E-state index in [-0.39, 0.29) is 0 Å². The SMILES string of the molecule is CCn1ccnc1CN1CCC(=O)N(CC2CC2)[C@@H](C(C)C)C1. The predicted octanol–water partition coefficient (Wildman–Crippen LogP) is 2.37. The van der Waals surface area contributed by atoms with Crippen LogP contribution in [0.5, 0.6) is 0 Å². The van der Waals surface area contributed by atoms with Gasteiger partial charge in [0.2, 0.25) is 5.91 Å². The lowest BCUT2D eigenvalue weighted by Gasteiger charge is -2.34. The number of nitrogens with zero attached hydrogens (tertiary/aromatic N) is 4. The first-order chi connectivity index (χ1) is 11.1. The van der Waals surface area contributed by atoms with Gasteiger partial charge < -0.3 is 9.47 Å². The third-order valence-corrected chi connectivity index (χ3v) is 5.24. The van der Waals surface area contributed by atoms with E-state index in [1.807, 2.05) is 12.4 Å². The number of aromatic nitrogens is 2. The first-order valence-electron chi connectivity index (χ1n) is 9.10. The summed E-state index contributed by atoms with van der Waals surface area (Å²) < 4.78 is 2.19. The van der Waals surface area contributed by atoms with Crippen LogP contribution in [0.3, 0.4) is 0 Å². The summed E-state index contributed by atoms with van der Waals surface area (Å²) >= 11 is 0. The predicted molar refractivity (Wildman–Crippen MR) is 90.9 cm³/mol. The van der Waals surface area contributed by atoms with E-state index in [0.717, 1.165) is 44.5 Å². The maximum absolute atomic E-state index is 12.6. The number of aryl methyl sites for hydroxylation is 1. The van der Waals surface area contributed by atoms with Crippen LogP contribution in [0.1, 0.15) is 45.9 Å². The van der Waals surface area contributed by atoms with Crippen molar-refractivity contribution in [2.45, 2.75) is 59.2 Å². The van der Waals surface area contributed by atoms with Crippen LogP contribution < -0.4 is 0 Å². The molecule has 0 radical (unpaired) electrons. The smallest absolute Gasteiger partial charge is 0.224 e. The van der Waals surface area contributed by atoms with Crippen LogP contribution in [0, 0.1) is 11.8 Å². The Balaban J connectivity index is 1.72. The minimum absolute atomic E-state index is 0.329. The van der Waals surface area contributed by atoms with E-state index in [4.69, 9.17) is 0 Å². The number of imidazole rings is 1. The number of hydrogen-bond donors (Lipinski definition) is 0. The molecule has 1 aliphatic heterocycles. The standard InChI is InChI=1S/C18H30N4O/c1-4-21-10-8-19-17(21)13-20-9-7-18(23)22(11-15-5-6-15)16(12-20)14(2)3/h8,10,14-16H,4-7,9,11-13H2,1-3H3/t16-/m1/s1. The topological polar surface area (TPSA) is 41.4 Å². The molecule has 2 aliphatic rings. The lowest BCUT2D eigenvalue weighted by atomic mass is 10.0. The van der Waals surface area contributed by atoms with Gasteiger partial charge in [-0.2, -0.15) is 0 Å². The summed E-state index contributed by atoms with van der Waals surface area (Å²) in [6.45, 7) is 11.2. The average Bonchev–Trinajstić information content (AvgIpc) is 3.26. The van der Waals surface area contributed by atoms with Crippen LogP contribution in [0.25, 0.3) is 0 Å². The van der Waals surface area contributed by atoms with Crippen molar-refractivity contribution in [2.75, 3.05) is 19.6 Å². The second-order valence-electron chi connectivity index (χ2n) is 7.42. The molecule has 2 fully saturated rings. The van der Waals surface area contributed by atoms with E-state index in [1.165, 1.54) is 12.8 Å². The number of hydrogen-bond acceptors (Lipinski definition) is 3. The van der Waals surface area contributed by atoms with Gasteiger partial charge in [0.05, 0.1) is 6.54 Å². The summed E-state index contributed by atoms with van der Waals surface area (Å²) in [6, 6.07) is 0.329. The van der Waals surface area contributed by atoms with Gasteiger partial charge in [0.1, 0.15) is 5.82 Å². The molecule has 1 aliphatic carbocycles. The Morgan fingerprint density at radius 1 is 1.35 bits per heavy atom. The van der Waals surface area contributed by atoms with Gasteiger partial charge in [-0.25, -0.2) is 4.98 Å². The normalized spacial score (nSPS) is 23.6. The Kier molecular flexibility index (Phi) is 5.05. The Labute approximate surface area is 139 Å². The second kappa shape index (κ2) is 7.04. The summed E-state index contributed by atoms with van der Waals surface area (Å²) in [6.07, 6.45) is 7.15. The Bertz CT molecular complexity index is 535. The van der Waals surface area contributed by atoms with E-state index in [2.05, 4.69) is 40.1 Å². The Hall–Kier alpha value is -1.36. The molecule has 1 aromatic heterocycles. The van der Waals surface area contributed by atoms with Gasteiger partial charge in [-0.15, -0.1) is 0 Å². The number of carbonyl (C=O) groups is 1. The van der Waals surface area contributed by atoms with Gasteiger partial charge in [-0.3, -0.25) is 9.69 Å². The minimum Gasteiger partial charge on any atom is -0.338 e. The summed E-state index contributed by atoms with van der Waals surface area (Å²) in [5.41, 5.74) is 0. The fourth-order valence-electron chi connectivity index (χ4n) is 3.55. The molecule has 23 heavy (non-hydrogen) atoms. The highest BCUT2D eigenvalue weighted by atomic mass is 16.2. The highest BCUT2D eigenvalue weighted by Gasteiger charge is 2.35. The third-order valence-electron chi connectivity index (χ3n) is 5.24. The largest absolute Gasteiger partial charge is 0.338 e. The van der Waals surface area contributed by atoms with Crippen LogP contribution >= 0.6 is 0 Å². The number of rotatable bonds is 6. The first kappa shape index (κ1) is 16.5. The molecule has 1 amide bonds. The van der Waals surface area contributed by atoms with Gasteiger partial charge >= 0.3 is 0 Å². The highest BCUT2D eigenvalue weighted by Crippen LogP contribution is 2.32. The quantitative estimate of drug-likeness (QED) is 0.808. The van der Waals surface area contributed by atoms with E-state index in [1.54, 1.807) is 0 Å². The van der Waals surface area contributed by atoms with Crippen LogP contribution in [-0.2, 0) is 17.9 Å². The molecule has 5 nitrogen and oxygen atoms in total. The van der Waals surface area contributed by atoms with Gasteiger partial charge in [0.25, 0.3) is 0 Å². The summed E-state index contributed by atoms with van der Waals surface area (Å²) in [5.74, 6) is 2.70. The van der Waals surface area contributed by atoms with Gasteiger partial charge in [0.15, 0.2) is 0 Å². The molecule has 0 N–H and O–H groups in total. The van der Waals surface area contributed by atoms with E-state index < -0.39 is 0 Å². The molecular weight excluding hydrogens is 288 g/mol. The molecule has 0 spiro atoms. The van der Waals surface area contributed by atoms with Gasteiger partial charge in [0, 0.05) is 51.0 Å². The molecule has 3 rings (SSSR count). The lowest BCUT2D eigenvalue weighted by molar-refractivity contribution is -0.133. The van der Waals surface area contributed by atoms with Crippen molar-refractivity contribution in [1.82, 2.24) is 19.4 Å². The second-order valence-corrected chi connectivity index (χ2v) is 7.42. The molecule has 1 saturated carbocycles. The van der Waals surface area contributed by atoms with Crippen molar-refractivity contribution >= 4 is 5.91 Å². The molecule has 128 valence electrons. The number of amides is 1. The average molecular weight is 318 g/mol. The van der Waals surface area contributed by atoms with Crippen LogP contribution in [0.15, 0.2) is 12.4 Å². The maximum atomic E-state index is 12.6. The highest BCUT2D eigenvalue weighted by molar-refractivity contribution is 5.77. The van der Waals surface area contributed by atoms with Crippen molar-refractivity contribution in [3.05, 3.63) is 18.2 Å². The Morgan fingerprint density at radius 3 is 2.78 bits per heavy atom. The Morgan fingerprint density at radius 2 is 2.13 bits per heavy atom. The van der Waals surface area contributed by atoms with Crippen molar-refractivity contribution in [2.24, 2.45) is 11.8 Å². The third kappa shape index (κ3) is 3.94. The molecule has 5 heteroatoms. The fourth-order valence-corrected chi connectivity index (χ4v) is 3.55. The molecule has 1 aromatic rings. The molecule has 1 saturated heterocycles. The molecular formula is C18H30N4O. The van der Waals surface area contributed by atoms with Crippen molar-refractivity contribution in [1.29, 1.82) is 0 Å². The summed E-state index contributed by atoms with van der Waals surface area (Å²) in [5, 5.41) is 0. The van der Waals surface area contributed by atoms with Crippen molar-refractivity contribution in [3.8, 4) is 0 Å². The molecule has 0 unspecified atom stereocenters. The van der Waals surface area contributed by atoms with Crippen LogP contribution in [-0.4, -0.2) is 50.9 Å². The van der Waals surface area contributed by atoms with Crippen LogP contribution in [0.2, 0.25) is 0 Å². The van der Waals surface area contributed by atoms with Crippen molar-refractivity contribution in [3.63, 3.8) is 0 Å². The summed E-state index contributed by atoms with van der Waals surface area (Å²) in [4.78, 5) is 21.8. The van der Waals surface area contributed by atoms with E-state index in [0.29, 0.717) is 24.3 Å². The lowest BCUT2D eigenvalue weighted by Crippen LogP contribution is -2.47. The number of carbonyl (C=O) groups excluding carboxylic acids is 1. The zero-order chi connectivity index (χ0) is 16.4. The fraction of sp³-hybridized carbons (Fsp3) is 0.778. The van der Waals surface area contributed by atoms with E-state index >= 15 is 0 Å². The minimum atomic E-state index is 0.329. The monoisotopic (exact) mass is 318 g/mol. The molecule has 1 atom stereocenters. The zero-order valence-electron chi connectivity index (χ0n) is 14.7. The molecule has 0 bridgehead atoms. The van der Waals surface area contributed by atoms with Crippen LogP contribution in [0.4, 0.5) is 0 Å². The maximum Gasteiger partial charge on any atom is 0.224 e. The first-order valence-corrected chi connectivity index (χ1v) is 9.10. The van der Waals surface area contributed by atoms with Gasteiger partial charge in [-0.1, -0.05) is 13.8 Å². The molecule has 2 heterocycles. The van der Waals surface area contributed by atoms with Gasteiger partial charge in [-0.05, 0) is 31.6 Å². The zero-order valence-corrected chi connectivity index (χ0v) is 14.7. The van der Waals surface area contributed by atoms with E-state index in [9.17, 15) is 4.79 Å².